The highest BCUT2D eigenvalue weighted by Crippen LogP contribution is 2.34. The summed E-state index contributed by atoms with van der Waals surface area (Å²) in [6.07, 6.45) is 0. The number of rotatable bonds is 4. The third-order valence-electron chi connectivity index (χ3n) is 1.18. The summed E-state index contributed by atoms with van der Waals surface area (Å²) in [4.78, 5) is 34.2. The van der Waals surface area contributed by atoms with Crippen LogP contribution in [0, 0.1) is 0 Å². The molecule has 1 aromatic rings. The van der Waals surface area contributed by atoms with Crippen LogP contribution in [0.2, 0.25) is 0 Å². The zero-order valence-corrected chi connectivity index (χ0v) is 8.60. The predicted octanol–water partition coefficient (Wildman–Crippen LogP) is 0.867. The fourth-order valence-electron chi connectivity index (χ4n) is 0.776. The van der Waals surface area contributed by atoms with Crippen LogP contribution in [0.25, 0.3) is 0 Å². The van der Waals surface area contributed by atoms with E-state index in [0.717, 1.165) is 0 Å². The molecule has 0 aromatic heterocycles. The van der Waals surface area contributed by atoms with Gasteiger partial charge in [0.15, 0.2) is 0 Å². The number of hydrogen-bond acceptors (Lipinski definition) is 6. The molecule has 78 valence electrons. The minimum atomic E-state index is -2.48. The van der Waals surface area contributed by atoms with E-state index >= 15 is 0 Å². The molecule has 0 aliphatic heterocycles. The van der Waals surface area contributed by atoms with E-state index in [4.69, 9.17) is 19.6 Å². The molecular formula is C6H8O6P2. The molecule has 1 rings (SSSR count). The van der Waals surface area contributed by atoms with Crippen LogP contribution in [0.1, 0.15) is 0 Å². The van der Waals surface area contributed by atoms with Crippen LogP contribution in [0.4, 0.5) is 0 Å². The summed E-state index contributed by atoms with van der Waals surface area (Å²) in [6, 6.07) is 5.78. The van der Waals surface area contributed by atoms with Crippen LogP contribution in [0.15, 0.2) is 24.3 Å². The van der Waals surface area contributed by atoms with Crippen molar-refractivity contribution in [1.29, 1.82) is 0 Å². The van der Waals surface area contributed by atoms with Crippen LogP contribution in [0.3, 0.4) is 0 Å². The van der Waals surface area contributed by atoms with Crippen molar-refractivity contribution in [1.82, 2.24) is 0 Å². The molecule has 0 saturated heterocycles. The minimum Gasteiger partial charge on any atom is -0.427 e. The predicted molar refractivity (Wildman–Crippen MR) is 50.4 cm³/mol. The molecule has 0 atom stereocenters. The van der Waals surface area contributed by atoms with Gasteiger partial charge in [0.2, 0.25) is 0 Å². The van der Waals surface area contributed by atoms with Gasteiger partial charge < -0.3 is 28.6 Å². The molecule has 0 saturated carbocycles. The molecule has 8 heteroatoms. The van der Waals surface area contributed by atoms with Gasteiger partial charge in [-0.15, -0.1) is 0 Å². The Bertz CT molecular complexity index is 266. The summed E-state index contributed by atoms with van der Waals surface area (Å²) >= 11 is 0. The van der Waals surface area contributed by atoms with E-state index < -0.39 is 17.2 Å². The Morgan fingerprint density at radius 1 is 0.857 bits per heavy atom. The first-order chi connectivity index (χ1) is 6.58. The highest BCUT2D eigenvalue weighted by atomic mass is 31.2. The summed E-state index contributed by atoms with van der Waals surface area (Å²) in [5.74, 6) is 0.353. The maximum atomic E-state index is 8.54. The van der Waals surface area contributed by atoms with Crippen LogP contribution in [-0.4, -0.2) is 19.6 Å². The topological polar surface area (TPSA) is 99.4 Å². The lowest BCUT2D eigenvalue weighted by Crippen LogP contribution is -1.87. The van der Waals surface area contributed by atoms with E-state index in [1.807, 2.05) is 0 Å². The quantitative estimate of drug-likeness (QED) is 0.581. The summed E-state index contributed by atoms with van der Waals surface area (Å²) in [5, 5.41) is 0. The monoisotopic (exact) mass is 238 g/mol. The molecule has 0 radical (unpaired) electrons. The highest BCUT2D eigenvalue weighted by Gasteiger charge is 2.06. The molecule has 0 aliphatic carbocycles. The smallest absolute Gasteiger partial charge is 0.391 e. The van der Waals surface area contributed by atoms with Crippen molar-refractivity contribution in [3.05, 3.63) is 24.3 Å². The van der Waals surface area contributed by atoms with Gasteiger partial charge in [-0.25, -0.2) is 0 Å². The molecule has 6 nitrogen and oxygen atoms in total. The average molecular weight is 238 g/mol. The van der Waals surface area contributed by atoms with Gasteiger partial charge >= 0.3 is 17.2 Å². The summed E-state index contributed by atoms with van der Waals surface area (Å²) in [6.45, 7) is 0. The first kappa shape index (κ1) is 11.6. The largest absolute Gasteiger partial charge is 0.427 e. The zero-order valence-electron chi connectivity index (χ0n) is 6.81. The molecule has 0 heterocycles. The van der Waals surface area contributed by atoms with Gasteiger partial charge in [-0.05, 0) is 12.1 Å². The van der Waals surface area contributed by atoms with E-state index in [0.29, 0.717) is 0 Å². The second-order valence-electron chi connectivity index (χ2n) is 2.16. The molecule has 14 heavy (non-hydrogen) atoms. The van der Waals surface area contributed by atoms with E-state index in [9.17, 15) is 0 Å². The molecule has 0 aliphatic rings. The number of hydrogen-bond donors (Lipinski definition) is 4. The normalized spacial score (nSPS) is 10.7. The molecule has 0 spiro atoms. The van der Waals surface area contributed by atoms with Gasteiger partial charge in [0.1, 0.15) is 11.5 Å². The van der Waals surface area contributed by atoms with Gasteiger partial charge in [0.05, 0.1) is 0 Å². The maximum Gasteiger partial charge on any atom is 0.391 e. The van der Waals surface area contributed by atoms with Gasteiger partial charge in [0, 0.05) is 6.07 Å². The molecule has 4 N–H and O–H groups in total. The van der Waals surface area contributed by atoms with E-state index in [1.54, 1.807) is 0 Å². The Balaban J connectivity index is 2.68. The highest BCUT2D eigenvalue weighted by molar-refractivity contribution is 7.40. The lowest BCUT2D eigenvalue weighted by atomic mass is 10.3. The van der Waals surface area contributed by atoms with E-state index in [2.05, 4.69) is 9.05 Å². The third-order valence-corrected chi connectivity index (χ3v) is 1.93. The van der Waals surface area contributed by atoms with Gasteiger partial charge in [-0.1, -0.05) is 6.07 Å². The van der Waals surface area contributed by atoms with Gasteiger partial charge in [-0.3, -0.25) is 0 Å². The van der Waals surface area contributed by atoms with E-state index in [-0.39, 0.29) is 11.5 Å². The molecule has 0 unspecified atom stereocenters. The fourth-order valence-corrected chi connectivity index (χ4v) is 1.38. The average Bonchev–Trinajstić information content (AvgIpc) is 2.01. The van der Waals surface area contributed by atoms with Crippen molar-refractivity contribution in [3.8, 4) is 11.5 Å². The Kier molecular flexibility index (Phi) is 4.48. The summed E-state index contributed by atoms with van der Waals surface area (Å²) < 4.78 is 9.15. The first-order valence-corrected chi connectivity index (χ1v) is 5.73. The molecule has 0 amide bonds. The SMILES string of the molecule is OP(O)Oc1cccc(OP(O)O)c1. The molecule has 0 fully saturated rings. The molecular weight excluding hydrogens is 230 g/mol. The Morgan fingerprint density at radius 3 is 1.64 bits per heavy atom. The molecule has 0 bridgehead atoms. The third kappa shape index (κ3) is 4.15. The van der Waals surface area contributed by atoms with Crippen molar-refractivity contribution in [2.45, 2.75) is 0 Å². The second kappa shape index (κ2) is 5.41. The second-order valence-corrected chi connectivity index (χ2v) is 3.54. The van der Waals surface area contributed by atoms with Crippen LogP contribution in [-0.2, 0) is 0 Å². The van der Waals surface area contributed by atoms with Crippen LogP contribution < -0.4 is 9.05 Å². The van der Waals surface area contributed by atoms with Crippen molar-refractivity contribution in [3.63, 3.8) is 0 Å². The van der Waals surface area contributed by atoms with Gasteiger partial charge in [0.25, 0.3) is 0 Å². The van der Waals surface area contributed by atoms with Crippen LogP contribution >= 0.6 is 17.2 Å². The van der Waals surface area contributed by atoms with Crippen LogP contribution in [0.5, 0.6) is 11.5 Å². The maximum absolute atomic E-state index is 8.54. The Morgan fingerprint density at radius 2 is 1.29 bits per heavy atom. The zero-order chi connectivity index (χ0) is 10.6. The summed E-state index contributed by atoms with van der Waals surface area (Å²) in [5.41, 5.74) is 0. The Labute approximate surface area is 82.4 Å². The standard InChI is InChI=1S/C6H8O6P2/c7-13(8)11-5-2-1-3-6(4-5)12-14(9)10/h1-4,7-10H. The first-order valence-electron chi connectivity index (χ1n) is 3.39. The lowest BCUT2D eigenvalue weighted by molar-refractivity contribution is 0.369. The van der Waals surface area contributed by atoms with Crippen molar-refractivity contribution in [2.24, 2.45) is 0 Å². The van der Waals surface area contributed by atoms with Crippen molar-refractivity contribution in [2.75, 3.05) is 0 Å². The molecule has 1 aromatic carbocycles. The lowest BCUT2D eigenvalue weighted by Gasteiger charge is -2.08. The van der Waals surface area contributed by atoms with E-state index in [1.165, 1.54) is 24.3 Å². The van der Waals surface area contributed by atoms with Crippen molar-refractivity contribution < 1.29 is 28.6 Å². The summed E-state index contributed by atoms with van der Waals surface area (Å²) in [7, 11) is -4.97. The van der Waals surface area contributed by atoms with Gasteiger partial charge in [-0.2, -0.15) is 0 Å². The number of benzene rings is 1. The fraction of sp³-hybridized carbons (Fsp3) is 0. The minimum absolute atomic E-state index is 0.176. The Hall–Kier alpha value is -0.480. The van der Waals surface area contributed by atoms with Crippen molar-refractivity contribution >= 4 is 17.2 Å².